The van der Waals surface area contributed by atoms with Crippen molar-refractivity contribution in [1.82, 2.24) is 10.2 Å². The number of rotatable bonds is 6. The number of carbonyl (C=O) groups excluding carboxylic acids is 4. The van der Waals surface area contributed by atoms with Crippen LogP contribution in [0.2, 0.25) is 0 Å². The summed E-state index contributed by atoms with van der Waals surface area (Å²) in [6.07, 6.45) is 0.388. The second kappa shape index (κ2) is 7.45. The van der Waals surface area contributed by atoms with Crippen molar-refractivity contribution in [3.05, 3.63) is 59.5 Å². The molecule has 27 heavy (non-hydrogen) atoms. The van der Waals surface area contributed by atoms with Gasteiger partial charge in [-0.15, -0.1) is 0 Å². The van der Waals surface area contributed by atoms with E-state index in [9.17, 15) is 19.2 Å². The van der Waals surface area contributed by atoms with Crippen LogP contribution in [0.4, 0.5) is 0 Å². The molecule has 1 aliphatic heterocycles. The summed E-state index contributed by atoms with van der Waals surface area (Å²) in [5, 5.41) is 2.57. The second-order valence-corrected chi connectivity index (χ2v) is 6.08. The van der Waals surface area contributed by atoms with Crippen LogP contribution >= 0.6 is 0 Å². The summed E-state index contributed by atoms with van der Waals surface area (Å²) in [7, 11) is 0. The van der Waals surface area contributed by atoms with Gasteiger partial charge in [0.2, 0.25) is 0 Å². The molecule has 3 rings (SSSR count). The van der Waals surface area contributed by atoms with Crippen LogP contribution in [0.15, 0.2) is 47.1 Å². The number of carbonyl (C=O) groups is 4. The molecule has 0 spiro atoms. The molecule has 0 saturated carbocycles. The fraction of sp³-hybridized carbons (Fsp3) is 0.263. The molecule has 3 amide bonds. The Bertz CT molecular complexity index is 854. The van der Waals surface area contributed by atoms with Crippen molar-refractivity contribution >= 4 is 23.7 Å². The van der Waals surface area contributed by atoms with Crippen molar-refractivity contribution in [1.29, 1.82) is 0 Å². The van der Waals surface area contributed by atoms with Gasteiger partial charge >= 0.3 is 5.97 Å². The molecule has 140 valence electrons. The van der Waals surface area contributed by atoms with Crippen molar-refractivity contribution in [2.24, 2.45) is 0 Å². The normalized spacial score (nSPS) is 15.3. The molecule has 2 atom stereocenters. The zero-order valence-electron chi connectivity index (χ0n) is 14.8. The fourth-order valence-corrected chi connectivity index (χ4v) is 2.72. The van der Waals surface area contributed by atoms with Crippen molar-refractivity contribution < 1.29 is 28.3 Å². The molecule has 1 N–H and O–H groups in total. The van der Waals surface area contributed by atoms with Crippen molar-refractivity contribution in [2.75, 3.05) is 0 Å². The topological polar surface area (TPSA) is 106 Å². The third kappa shape index (κ3) is 3.59. The lowest BCUT2D eigenvalue weighted by molar-refractivity contribution is -0.158. The lowest BCUT2D eigenvalue weighted by Gasteiger charge is -2.22. The van der Waals surface area contributed by atoms with E-state index in [-0.39, 0.29) is 17.7 Å². The van der Waals surface area contributed by atoms with E-state index < -0.39 is 35.8 Å². The Balaban J connectivity index is 1.60. The number of furan rings is 1. The summed E-state index contributed by atoms with van der Waals surface area (Å²) in [5.74, 6) is -1.93. The van der Waals surface area contributed by atoms with E-state index in [2.05, 4.69) is 5.32 Å². The monoisotopic (exact) mass is 370 g/mol. The molecule has 1 aromatic carbocycles. The molecular formula is C19H18N2O6. The van der Waals surface area contributed by atoms with Crippen LogP contribution in [-0.4, -0.2) is 40.7 Å². The highest BCUT2D eigenvalue weighted by Gasteiger charge is 2.41. The molecule has 0 unspecified atom stereocenters. The van der Waals surface area contributed by atoms with Crippen LogP contribution in [0, 0.1) is 0 Å². The minimum absolute atomic E-state index is 0.154. The van der Waals surface area contributed by atoms with Crippen LogP contribution < -0.4 is 5.32 Å². The molecular weight excluding hydrogens is 352 g/mol. The highest BCUT2D eigenvalue weighted by molar-refractivity contribution is 6.22. The molecule has 0 bridgehead atoms. The lowest BCUT2D eigenvalue weighted by atomic mass is 10.1. The van der Waals surface area contributed by atoms with Gasteiger partial charge in [0, 0.05) is 0 Å². The van der Waals surface area contributed by atoms with E-state index in [0.29, 0.717) is 5.76 Å². The van der Waals surface area contributed by atoms with Crippen molar-refractivity contribution in [3.8, 4) is 0 Å². The van der Waals surface area contributed by atoms with Gasteiger partial charge in [-0.3, -0.25) is 19.3 Å². The van der Waals surface area contributed by atoms with Gasteiger partial charge in [-0.1, -0.05) is 12.1 Å². The predicted molar refractivity (Wildman–Crippen MR) is 92.5 cm³/mol. The maximum Gasteiger partial charge on any atom is 0.329 e. The fourth-order valence-electron chi connectivity index (χ4n) is 2.72. The summed E-state index contributed by atoms with van der Waals surface area (Å²) >= 11 is 0. The molecule has 8 heteroatoms. The van der Waals surface area contributed by atoms with E-state index in [0.717, 1.165) is 4.90 Å². The van der Waals surface area contributed by atoms with E-state index in [4.69, 9.17) is 9.15 Å². The zero-order chi connectivity index (χ0) is 19.6. The Morgan fingerprint density at radius 1 is 1.07 bits per heavy atom. The van der Waals surface area contributed by atoms with Crippen LogP contribution in [-0.2, 0) is 20.9 Å². The maximum atomic E-state index is 12.4. The minimum atomic E-state index is -1.15. The number of hydrogen-bond donors (Lipinski definition) is 1. The van der Waals surface area contributed by atoms with Crippen LogP contribution in [0.3, 0.4) is 0 Å². The largest absolute Gasteiger partial charge is 0.467 e. The van der Waals surface area contributed by atoms with Crippen molar-refractivity contribution in [3.63, 3.8) is 0 Å². The summed E-state index contributed by atoms with van der Waals surface area (Å²) in [6.45, 7) is 2.95. The highest BCUT2D eigenvalue weighted by Crippen LogP contribution is 2.24. The van der Waals surface area contributed by atoms with Gasteiger partial charge < -0.3 is 14.5 Å². The van der Waals surface area contributed by atoms with Gasteiger partial charge in [-0.2, -0.15) is 0 Å². The summed E-state index contributed by atoms with van der Waals surface area (Å²) in [4.78, 5) is 50.1. The van der Waals surface area contributed by atoms with E-state index in [1.807, 2.05) is 0 Å². The number of nitrogens with zero attached hydrogens (tertiary/aromatic N) is 1. The van der Waals surface area contributed by atoms with E-state index >= 15 is 0 Å². The molecule has 1 aromatic heterocycles. The Morgan fingerprint density at radius 3 is 2.26 bits per heavy atom. The van der Waals surface area contributed by atoms with Crippen LogP contribution in [0.25, 0.3) is 0 Å². The molecule has 2 heterocycles. The molecule has 2 aromatic rings. The van der Waals surface area contributed by atoms with Crippen LogP contribution in [0.5, 0.6) is 0 Å². The average Bonchev–Trinajstić information content (AvgIpc) is 3.26. The number of imide groups is 1. The Labute approximate surface area is 155 Å². The molecule has 8 nitrogen and oxygen atoms in total. The number of benzene rings is 1. The smallest absolute Gasteiger partial charge is 0.329 e. The van der Waals surface area contributed by atoms with Crippen molar-refractivity contribution in [2.45, 2.75) is 32.5 Å². The zero-order valence-corrected chi connectivity index (χ0v) is 14.8. The van der Waals surface area contributed by atoms with Gasteiger partial charge in [-0.25, -0.2) is 4.79 Å². The first-order valence-electron chi connectivity index (χ1n) is 8.37. The number of amides is 3. The molecule has 0 radical (unpaired) electrons. The van der Waals surface area contributed by atoms with E-state index in [1.54, 1.807) is 24.3 Å². The lowest BCUT2D eigenvalue weighted by Crippen LogP contribution is -2.46. The summed E-state index contributed by atoms with van der Waals surface area (Å²) in [6, 6.07) is 8.56. The Morgan fingerprint density at radius 2 is 1.70 bits per heavy atom. The SMILES string of the molecule is C[C@H](OC(=O)[C@@H](C)N1C(=O)c2ccccc2C1=O)C(=O)NCc1ccco1. The van der Waals surface area contributed by atoms with Gasteiger partial charge in [0.05, 0.1) is 23.9 Å². The first kappa shape index (κ1) is 18.4. The predicted octanol–water partition coefficient (Wildman–Crippen LogP) is 1.51. The van der Waals surface area contributed by atoms with Gasteiger partial charge in [0.25, 0.3) is 17.7 Å². The first-order chi connectivity index (χ1) is 12.9. The number of nitrogens with one attached hydrogen (secondary N) is 1. The van der Waals surface area contributed by atoms with Crippen LogP contribution in [0.1, 0.15) is 40.3 Å². The molecule has 0 saturated heterocycles. The third-order valence-electron chi connectivity index (χ3n) is 4.23. The Hall–Kier alpha value is -3.42. The summed E-state index contributed by atoms with van der Waals surface area (Å²) in [5.41, 5.74) is 0.484. The van der Waals surface area contributed by atoms with Gasteiger partial charge in [0.1, 0.15) is 11.8 Å². The highest BCUT2D eigenvalue weighted by atomic mass is 16.5. The van der Waals surface area contributed by atoms with Gasteiger partial charge in [-0.05, 0) is 38.1 Å². The number of ether oxygens (including phenoxy) is 1. The minimum Gasteiger partial charge on any atom is -0.467 e. The molecule has 0 aliphatic carbocycles. The third-order valence-corrected chi connectivity index (χ3v) is 4.23. The molecule has 1 aliphatic rings. The van der Waals surface area contributed by atoms with E-state index in [1.165, 1.54) is 32.2 Å². The van der Waals surface area contributed by atoms with Gasteiger partial charge in [0.15, 0.2) is 6.10 Å². The first-order valence-corrected chi connectivity index (χ1v) is 8.37. The number of fused-ring (bicyclic) bond motifs is 1. The quantitative estimate of drug-likeness (QED) is 0.610. The number of hydrogen-bond acceptors (Lipinski definition) is 6. The molecule has 0 fully saturated rings. The summed E-state index contributed by atoms with van der Waals surface area (Å²) < 4.78 is 10.2. The maximum absolute atomic E-state index is 12.4. The number of esters is 1. The average molecular weight is 370 g/mol. The Kier molecular flexibility index (Phi) is 5.07. The standard InChI is InChI=1S/C19H18N2O6/c1-11(21-17(23)14-7-3-4-8-15(14)18(21)24)19(25)27-12(2)16(22)20-10-13-6-5-9-26-13/h3-9,11-12H,10H2,1-2H3,(H,20,22)/t11-,12+/m1/s1. The second-order valence-electron chi connectivity index (χ2n) is 6.08.